The van der Waals surface area contributed by atoms with Crippen molar-refractivity contribution in [3.8, 4) is 0 Å². The van der Waals surface area contributed by atoms with Crippen LogP contribution in [0.2, 0.25) is 5.02 Å². The summed E-state index contributed by atoms with van der Waals surface area (Å²) in [6.07, 6.45) is -21.9. The molecule has 0 heterocycles. The highest BCUT2D eigenvalue weighted by molar-refractivity contribution is 6.96. The van der Waals surface area contributed by atoms with Crippen molar-refractivity contribution >= 4 is 34.7 Å². The Hall–Kier alpha value is -2.97. The van der Waals surface area contributed by atoms with Crippen LogP contribution in [-0.2, 0) is 24.7 Å². The summed E-state index contributed by atoms with van der Waals surface area (Å²) in [5, 5.41) is -1.02. The molecule has 3 aromatic rings. The molecule has 0 spiro atoms. The van der Waals surface area contributed by atoms with Crippen molar-refractivity contribution < 1.29 is 61.5 Å². The van der Waals surface area contributed by atoms with Gasteiger partial charge in [-0.25, -0.2) is 8.78 Å². The molecule has 0 aliphatic rings. The van der Waals surface area contributed by atoms with Crippen LogP contribution in [0.15, 0.2) is 48.5 Å². The molecule has 0 saturated carbocycles. The Morgan fingerprint density at radius 3 is 1.05 bits per heavy atom. The summed E-state index contributed by atoms with van der Waals surface area (Å²) in [5.41, 5.74) is -11.6. The van der Waals surface area contributed by atoms with E-state index in [4.69, 9.17) is 11.6 Å². The van der Waals surface area contributed by atoms with Gasteiger partial charge in [-0.05, 0) is 23.7 Å². The summed E-state index contributed by atoms with van der Waals surface area (Å²) in [6, 6.07) is -0.334. The van der Waals surface area contributed by atoms with Crippen molar-refractivity contribution in [3.63, 3.8) is 0 Å². The minimum absolute atomic E-state index is 0.00738. The quantitative estimate of drug-likeness (QED) is 0.226. The maximum atomic E-state index is 14.9. The van der Waals surface area contributed by atoms with E-state index in [-0.39, 0.29) is 42.5 Å². The van der Waals surface area contributed by atoms with E-state index >= 15 is 0 Å². The highest BCUT2D eigenvalue weighted by atomic mass is 35.5. The third-order valence-electron chi connectivity index (χ3n) is 5.22. The van der Waals surface area contributed by atoms with Gasteiger partial charge in [-0.2, -0.15) is 52.7 Å². The molecule has 0 aromatic heterocycles. The normalized spacial score (nSPS) is 13.1. The first-order chi connectivity index (χ1) is 17.1. The zero-order valence-corrected chi connectivity index (χ0v) is 18.6. The van der Waals surface area contributed by atoms with Crippen LogP contribution in [0.25, 0.3) is 0 Å². The van der Waals surface area contributed by atoms with E-state index in [1.54, 1.807) is 0 Å². The molecule has 0 radical (unpaired) electrons. The highest BCUT2D eigenvalue weighted by Gasteiger charge is 2.42. The van der Waals surface area contributed by atoms with Gasteiger partial charge in [0.15, 0.2) is 0 Å². The van der Waals surface area contributed by atoms with Gasteiger partial charge in [0.05, 0.1) is 22.3 Å². The third kappa shape index (κ3) is 6.36. The molecular weight excluding hydrogens is 576 g/mol. The lowest BCUT2D eigenvalue weighted by Crippen LogP contribution is -2.54. The Kier molecular flexibility index (Phi) is 7.52. The summed E-state index contributed by atoms with van der Waals surface area (Å²) in [7, 11) is 0. The Morgan fingerprint density at radius 2 is 0.789 bits per heavy atom. The summed E-state index contributed by atoms with van der Waals surface area (Å²) >= 11 is 5.78. The summed E-state index contributed by atoms with van der Waals surface area (Å²) < 4.78 is 190. The van der Waals surface area contributed by atoms with Crippen molar-refractivity contribution in [1.82, 2.24) is 0 Å². The van der Waals surface area contributed by atoms with Crippen LogP contribution >= 0.6 is 11.6 Å². The van der Waals surface area contributed by atoms with Crippen LogP contribution in [0, 0.1) is 11.6 Å². The molecule has 0 amide bonds. The average Bonchev–Trinajstić information content (AvgIpc) is 2.73. The van der Waals surface area contributed by atoms with Crippen molar-refractivity contribution in [2.75, 3.05) is 0 Å². The molecule has 0 unspecified atom stereocenters. The largest absolute Gasteiger partial charge is 0.416 e. The zero-order chi connectivity index (χ0) is 29.0. The highest BCUT2D eigenvalue weighted by Crippen LogP contribution is 2.37. The predicted molar refractivity (Wildman–Crippen MR) is 109 cm³/mol. The van der Waals surface area contributed by atoms with E-state index in [1.165, 1.54) is 0 Å². The smallest absolute Gasteiger partial charge is 0.207 e. The molecule has 0 saturated heterocycles. The Morgan fingerprint density at radius 1 is 0.474 bits per heavy atom. The molecule has 0 bridgehead atoms. The van der Waals surface area contributed by atoms with Gasteiger partial charge >= 0.3 is 24.7 Å². The van der Waals surface area contributed by atoms with Crippen LogP contribution in [0.5, 0.6) is 0 Å². The second kappa shape index (κ2) is 9.65. The second-order valence-electron chi connectivity index (χ2n) is 7.89. The topological polar surface area (TPSA) is 0 Å². The van der Waals surface area contributed by atoms with Gasteiger partial charge in [-0.1, -0.05) is 46.8 Å². The SMILES string of the molecule is Fc1cc(F)c(B(c2cc(C(F)(F)F)cc(C(F)(F)F)c2)c2cc(C(F)(F)F)cc(C(F)(F)F)c2)c(Cl)c1. The minimum atomic E-state index is -5.48. The third-order valence-corrected chi connectivity index (χ3v) is 5.53. The van der Waals surface area contributed by atoms with E-state index in [9.17, 15) is 61.5 Å². The minimum Gasteiger partial charge on any atom is -0.207 e. The lowest BCUT2D eigenvalue weighted by atomic mass is 9.36. The molecule has 3 aromatic carbocycles. The van der Waals surface area contributed by atoms with Crippen LogP contribution < -0.4 is 16.4 Å². The van der Waals surface area contributed by atoms with Crippen LogP contribution in [0.1, 0.15) is 22.3 Å². The molecular formula is C22H8BClF14. The first-order valence-corrected chi connectivity index (χ1v) is 10.2. The molecule has 0 fully saturated rings. The first kappa shape index (κ1) is 29.6. The number of rotatable bonds is 3. The van der Waals surface area contributed by atoms with Crippen molar-refractivity contribution in [1.29, 1.82) is 0 Å². The molecule has 0 atom stereocenters. The van der Waals surface area contributed by atoms with Crippen LogP contribution in [-0.4, -0.2) is 6.71 Å². The summed E-state index contributed by atoms with van der Waals surface area (Å²) in [5.74, 6) is -3.15. The number of alkyl halides is 12. The van der Waals surface area contributed by atoms with Gasteiger partial charge in [0, 0.05) is 11.1 Å². The van der Waals surface area contributed by atoms with Crippen LogP contribution in [0.4, 0.5) is 61.5 Å². The fraction of sp³-hybridized carbons (Fsp3) is 0.182. The number of halogens is 15. The van der Waals surface area contributed by atoms with E-state index in [2.05, 4.69) is 0 Å². The van der Waals surface area contributed by atoms with E-state index in [0.29, 0.717) is 6.07 Å². The fourth-order valence-electron chi connectivity index (χ4n) is 3.65. The van der Waals surface area contributed by atoms with Gasteiger partial charge in [0.25, 0.3) is 0 Å². The van der Waals surface area contributed by atoms with Gasteiger partial charge in [-0.3, -0.25) is 0 Å². The van der Waals surface area contributed by atoms with Crippen molar-refractivity contribution in [2.24, 2.45) is 0 Å². The number of hydrogen-bond acceptors (Lipinski definition) is 0. The molecule has 16 heteroatoms. The molecule has 38 heavy (non-hydrogen) atoms. The predicted octanol–water partition coefficient (Wildman–Crippen LogP) is 7.21. The summed E-state index contributed by atoms with van der Waals surface area (Å²) in [4.78, 5) is 0. The Bertz CT molecular complexity index is 1190. The maximum Gasteiger partial charge on any atom is 0.416 e. The lowest BCUT2D eigenvalue weighted by molar-refractivity contribution is -0.144. The fourth-order valence-corrected chi connectivity index (χ4v) is 3.95. The first-order valence-electron chi connectivity index (χ1n) is 9.82. The monoisotopic (exact) mass is 584 g/mol. The zero-order valence-electron chi connectivity index (χ0n) is 17.9. The van der Waals surface area contributed by atoms with Gasteiger partial charge in [0.1, 0.15) is 11.6 Å². The van der Waals surface area contributed by atoms with E-state index in [0.717, 1.165) is 0 Å². The Balaban J connectivity index is 2.52. The molecule has 3 rings (SSSR count). The molecule has 204 valence electrons. The van der Waals surface area contributed by atoms with E-state index in [1.807, 2.05) is 0 Å². The van der Waals surface area contributed by atoms with Gasteiger partial charge in [0.2, 0.25) is 6.71 Å². The van der Waals surface area contributed by atoms with Crippen molar-refractivity contribution in [2.45, 2.75) is 24.7 Å². The summed E-state index contributed by atoms with van der Waals surface area (Å²) in [6.45, 7) is -2.50. The molecule has 0 aliphatic heterocycles. The molecule has 0 aliphatic carbocycles. The maximum absolute atomic E-state index is 14.9. The van der Waals surface area contributed by atoms with Gasteiger partial charge in [-0.15, -0.1) is 0 Å². The van der Waals surface area contributed by atoms with Crippen LogP contribution in [0.3, 0.4) is 0 Å². The molecule has 0 N–H and O–H groups in total. The Labute approximate surface area is 208 Å². The van der Waals surface area contributed by atoms with Gasteiger partial charge < -0.3 is 0 Å². The second-order valence-corrected chi connectivity index (χ2v) is 8.30. The standard InChI is InChI=1S/C22H8BClF14/c24-16-7-15(25)8-17(26)18(16)23(13-3-9(19(27,28)29)1-10(4-13)20(30,31)32)14-5-11(21(33,34)35)2-12(6-14)22(36,37)38/h1-8H. The molecule has 0 nitrogen and oxygen atoms in total. The van der Waals surface area contributed by atoms with E-state index < -0.39 is 86.7 Å². The number of benzene rings is 3. The average molecular weight is 585 g/mol. The van der Waals surface area contributed by atoms with Crippen molar-refractivity contribution in [3.05, 3.63) is 87.4 Å². The lowest BCUT2D eigenvalue weighted by Gasteiger charge is -2.23. The number of hydrogen-bond donors (Lipinski definition) is 0.